The Morgan fingerprint density at radius 1 is 1.32 bits per heavy atom. The lowest BCUT2D eigenvalue weighted by Crippen LogP contribution is -2.46. The highest BCUT2D eigenvalue weighted by Crippen LogP contribution is 2.32. The second-order valence-electron chi connectivity index (χ2n) is 6.14. The number of hydrogen-bond acceptors (Lipinski definition) is 5. The minimum absolute atomic E-state index is 0.00186. The molecule has 0 saturated carbocycles. The highest BCUT2D eigenvalue weighted by Gasteiger charge is 2.27. The zero-order valence-electron chi connectivity index (χ0n) is 14.8. The van der Waals surface area contributed by atoms with Gasteiger partial charge in [-0.3, -0.25) is 4.79 Å². The molecular formula is C18H25N3O4. The number of ether oxygens (including phenoxy) is 3. The van der Waals surface area contributed by atoms with Gasteiger partial charge in [-0.1, -0.05) is 6.07 Å². The number of piperidine rings is 1. The average molecular weight is 347 g/mol. The van der Waals surface area contributed by atoms with Crippen LogP contribution in [0.15, 0.2) is 23.2 Å². The molecule has 0 amide bonds. The van der Waals surface area contributed by atoms with E-state index in [9.17, 15) is 4.79 Å². The van der Waals surface area contributed by atoms with Crippen LogP contribution in [0.5, 0.6) is 11.5 Å². The summed E-state index contributed by atoms with van der Waals surface area (Å²) in [4.78, 5) is 18.6. The molecule has 1 aromatic rings. The number of nitrogens with one attached hydrogen (secondary N) is 1. The molecule has 2 heterocycles. The maximum Gasteiger partial charge on any atom is 0.308 e. The molecule has 2 aliphatic heterocycles. The van der Waals surface area contributed by atoms with Gasteiger partial charge in [0.1, 0.15) is 0 Å². The van der Waals surface area contributed by atoms with E-state index in [1.54, 1.807) is 0 Å². The first-order valence-corrected chi connectivity index (χ1v) is 8.71. The first-order chi connectivity index (χ1) is 12.2. The Morgan fingerprint density at radius 3 is 2.80 bits per heavy atom. The van der Waals surface area contributed by atoms with Crippen molar-refractivity contribution in [2.45, 2.75) is 26.3 Å². The Kier molecular flexibility index (Phi) is 5.63. The van der Waals surface area contributed by atoms with Crippen molar-refractivity contribution in [1.82, 2.24) is 10.2 Å². The van der Waals surface area contributed by atoms with Crippen LogP contribution in [-0.2, 0) is 16.1 Å². The third-order valence-electron chi connectivity index (χ3n) is 4.51. The Labute approximate surface area is 148 Å². The minimum Gasteiger partial charge on any atom is -0.469 e. The van der Waals surface area contributed by atoms with Crippen LogP contribution in [0.25, 0.3) is 0 Å². The van der Waals surface area contributed by atoms with Gasteiger partial charge in [0.15, 0.2) is 17.5 Å². The summed E-state index contributed by atoms with van der Waals surface area (Å²) in [5, 5.41) is 3.34. The molecule has 0 aliphatic carbocycles. The lowest BCUT2D eigenvalue weighted by molar-refractivity contribution is -0.146. The molecule has 0 aromatic heterocycles. The Morgan fingerprint density at radius 2 is 2.08 bits per heavy atom. The van der Waals surface area contributed by atoms with Crippen LogP contribution in [0.2, 0.25) is 0 Å². The van der Waals surface area contributed by atoms with E-state index in [-0.39, 0.29) is 18.7 Å². The summed E-state index contributed by atoms with van der Waals surface area (Å²) >= 11 is 0. The zero-order chi connectivity index (χ0) is 17.6. The first kappa shape index (κ1) is 17.4. The maximum atomic E-state index is 11.7. The Balaban J connectivity index is 1.63. The molecule has 1 fully saturated rings. The summed E-state index contributed by atoms with van der Waals surface area (Å²) in [5.74, 6) is 2.32. The van der Waals surface area contributed by atoms with Crippen molar-refractivity contribution in [3.05, 3.63) is 23.8 Å². The molecule has 0 unspecified atom stereocenters. The molecule has 3 rings (SSSR count). The van der Waals surface area contributed by atoms with Crippen molar-refractivity contribution in [1.29, 1.82) is 0 Å². The lowest BCUT2D eigenvalue weighted by Gasteiger charge is -2.33. The largest absolute Gasteiger partial charge is 0.469 e. The summed E-state index contributed by atoms with van der Waals surface area (Å²) in [7, 11) is 1.45. The number of hydrogen-bond donors (Lipinski definition) is 1. The van der Waals surface area contributed by atoms with E-state index in [0.717, 1.165) is 55.5 Å². The number of carbonyl (C=O) groups is 1. The number of rotatable bonds is 4. The highest BCUT2D eigenvalue weighted by molar-refractivity contribution is 5.80. The molecule has 1 N–H and O–H groups in total. The third-order valence-corrected chi connectivity index (χ3v) is 4.51. The lowest BCUT2D eigenvalue weighted by atomic mass is 9.97. The standard InChI is InChI=1S/C18H25N3O4/c1-3-19-18(21-8-6-14(7-9-21)17(22)23-2)20-11-13-4-5-15-16(10-13)25-12-24-15/h4-5,10,14H,3,6-9,11-12H2,1-2H3,(H,19,20). The first-order valence-electron chi connectivity index (χ1n) is 8.71. The van der Waals surface area contributed by atoms with Gasteiger partial charge in [-0.2, -0.15) is 0 Å². The number of methoxy groups -OCH3 is 1. The van der Waals surface area contributed by atoms with E-state index < -0.39 is 0 Å². The van der Waals surface area contributed by atoms with Crippen molar-refractivity contribution in [3.63, 3.8) is 0 Å². The van der Waals surface area contributed by atoms with Gasteiger partial charge in [0.2, 0.25) is 6.79 Å². The van der Waals surface area contributed by atoms with Crippen LogP contribution in [0.1, 0.15) is 25.3 Å². The van der Waals surface area contributed by atoms with Gasteiger partial charge in [0.05, 0.1) is 19.6 Å². The van der Waals surface area contributed by atoms with Gasteiger partial charge in [-0.25, -0.2) is 4.99 Å². The average Bonchev–Trinajstić information content (AvgIpc) is 3.12. The Hall–Kier alpha value is -2.44. The van der Waals surface area contributed by atoms with Crippen LogP contribution >= 0.6 is 0 Å². The predicted octanol–water partition coefficient (Wildman–Crippen LogP) is 1.77. The van der Waals surface area contributed by atoms with E-state index in [1.807, 2.05) is 18.2 Å². The molecule has 2 aliphatic rings. The number of benzene rings is 1. The minimum atomic E-state index is -0.109. The highest BCUT2D eigenvalue weighted by atomic mass is 16.7. The summed E-state index contributed by atoms with van der Waals surface area (Å²) in [6, 6.07) is 5.89. The zero-order valence-corrected chi connectivity index (χ0v) is 14.8. The van der Waals surface area contributed by atoms with Crippen LogP contribution in [0.3, 0.4) is 0 Å². The number of aliphatic imine (C=N–C) groups is 1. The van der Waals surface area contributed by atoms with Crippen LogP contribution in [0.4, 0.5) is 0 Å². The molecule has 1 aromatic carbocycles. The monoisotopic (exact) mass is 347 g/mol. The number of nitrogens with zero attached hydrogens (tertiary/aromatic N) is 2. The van der Waals surface area contributed by atoms with Crippen LogP contribution < -0.4 is 14.8 Å². The Bertz CT molecular complexity index is 639. The van der Waals surface area contributed by atoms with Gasteiger partial charge in [-0.05, 0) is 37.5 Å². The fourth-order valence-electron chi connectivity index (χ4n) is 3.12. The second kappa shape index (κ2) is 8.09. The van der Waals surface area contributed by atoms with Crippen LogP contribution in [0, 0.1) is 5.92 Å². The van der Waals surface area contributed by atoms with Crippen LogP contribution in [-0.4, -0.2) is 50.4 Å². The second-order valence-corrected chi connectivity index (χ2v) is 6.14. The SMILES string of the molecule is CCNC(=NCc1ccc2c(c1)OCO2)N1CCC(C(=O)OC)CC1. The number of carbonyl (C=O) groups excluding carboxylic acids is 1. The van der Waals surface area contributed by atoms with Crippen molar-refractivity contribution in [2.75, 3.05) is 33.5 Å². The normalized spacial score (nSPS) is 17.5. The summed E-state index contributed by atoms with van der Waals surface area (Å²) in [5.41, 5.74) is 1.07. The van der Waals surface area contributed by atoms with Crippen molar-refractivity contribution in [3.8, 4) is 11.5 Å². The van der Waals surface area contributed by atoms with E-state index >= 15 is 0 Å². The molecular weight excluding hydrogens is 322 g/mol. The molecule has 0 spiro atoms. The molecule has 7 heteroatoms. The molecule has 0 radical (unpaired) electrons. The fourth-order valence-corrected chi connectivity index (χ4v) is 3.12. The van der Waals surface area contributed by atoms with E-state index in [2.05, 4.69) is 17.1 Å². The number of guanidine groups is 1. The molecule has 136 valence electrons. The fraction of sp³-hybridized carbons (Fsp3) is 0.556. The predicted molar refractivity (Wildman–Crippen MR) is 93.7 cm³/mol. The smallest absolute Gasteiger partial charge is 0.308 e. The van der Waals surface area contributed by atoms with Crippen molar-refractivity contribution >= 4 is 11.9 Å². The van der Waals surface area contributed by atoms with Gasteiger partial charge >= 0.3 is 5.97 Å². The molecule has 25 heavy (non-hydrogen) atoms. The molecule has 1 saturated heterocycles. The number of likely N-dealkylation sites (tertiary alicyclic amines) is 1. The van der Waals surface area contributed by atoms with Gasteiger partial charge < -0.3 is 24.4 Å². The van der Waals surface area contributed by atoms with E-state index in [1.165, 1.54) is 7.11 Å². The summed E-state index contributed by atoms with van der Waals surface area (Å²) in [6.45, 7) is 5.30. The maximum absolute atomic E-state index is 11.7. The summed E-state index contributed by atoms with van der Waals surface area (Å²) in [6.07, 6.45) is 1.59. The van der Waals surface area contributed by atoms with Gasteiger partial charge in [0.25, 0.3) is 0 Å². The topological polar surface area (TPSA) is 72.4 Å². The van der Waals surface area contributed by atoms with E-state index in [4.69, 9.17) is 19.2 Å². The van der Waals surface area contributed by atoms with E-state index in [0.29, 0.717) is 6.54 Å². The number of fused-ring (bicyclic) bond motifs is 1. The third kappa shape index (κ3) is 4.15. The van der Waals surface area contributed by atoms with Gasteiger partial charge in [0, 0.05) is 19.6 Å². The van der Waals surface area contributed by atoms with Gasteiger partial charge in [-0.15, -0.1) is 0 Å². The molecule has 7 nitrogen and oxygen atoms in total. The quantitative estimate of drug-likeness (QED) is 0.508. The van der Waals surface area contributed by atoms with Crippen molar-refractivity contribution in [2.24, 2.45) is 10.9 Å². The summed E-state index contributed by atoms with van der Waals surface area (Å²) < 4.78 is 15.6. The molecule has 0 bridgehead atoms. The molecule has 0 atom stereocenters. The number of esters is 1. The van der Waals surface area contributed by atoms with Crippen molar-refractivity contribution < 1.29 is 19.0 Å².